The highest BCUT2D eigenvalue weighted by Gasteiger charge is 2.48. The zero-order valence-electron chi connectivity index (χ0n) is 17.2. The molecule has 0 radical (unpaired) electrons. The van der Waals surface area contributed by atoms with Crippen LogP contribution in [0.4, 0.5) is 19.0 Å². The fraction of sp³-hybridized carbons (Fsp3) is 0.318. The van der Waals surface area contributed by atoms with Gasteiger partial charge in [-0.2, -0.15) is 0 Å². The number of nitrogens with zero attached hydrogens (tertiary/aromatic N) is 3. The first-order valence-corrected chi connectivity index (χ1v) is 10.2. The number of nitrogens with two attached hydrogens (primary N) is 1. The summed E-state index contributed by atoms with van der Waals surface area (Å²) in [6.07, 6.45) is 1.62. The van der Waals surface area contributed by atoms with Crippen LogP contribution in [-0.2, 0) is 4.74 Å². The Bertz CT molecular complexity index is 1350. The van der Waals surface area contributed by atoms with Crippen molar-refractivity contribution in [2.75, 3.05) is 31.2 Å². The van der Waals surface area contributed by atoms with Gasteiger partial charge in [-0.25, -0.2) is 22.9 Å². The van der Waals surface area contributed by atoms with E-state index in [2.05, 4.69) is 4.98 Å². The molecule has 2 atom stereocenters. The number of hydrogen-bond acceptors (Lipinski definition) is 6. The molecule has 2 aliphatic heterocycles. The van der Waals surface area contributed by atoms with Crippen LogP contribution < -0.4 is 16.1 Å². The molecule has 0 amide bonds. The molecular weight excluding hydrogens is 441 g/mol. The predicted molar refractivity (Wildman–Crippen MR) is 112 cm³/mol. The highest BCUT2D eigenvalue weighted by atomic mass is 19.1. The van der Waals surface area contributed by atoms with E-state index in [0.717, 1.165) is 29.0 Å². The van der Waals surface area contributed by atoms with Crippen LogP contribution in [0, 0.1) is 22.9 Å². The van der Waals surface area contributed by atoms with E-state index in [0.29, 0.717) is 38.8 Å². The Hall–Kier alpha value is -3.44. The normalized spacial score (nSPS) is 22.5. The number of halogens is 3. The number of aromatic carboxylic acids is 1. The van der Waals surface area contributed by atoms with E-state index in [1.54, 1.807) is 4.90 Å². The number of rotatable bonds is 3. The van der Waals surface area contributed by atoms with Gasteiger partial charge in [0.05, 0.1) is 17.7 Å². The van der Waals surface area contributed by atoms with E-state index >= 15 is 4.39 Å². The number of carboxylic acids is 1. The topological polar surface area (TPSA) is 111 Å². The van der Waals surface area contributed by atoms with Crippen molar-refractivity contribution in [2.45, 2.75) is 12.5 Å². The van der Waals surface area contributed by atoms with E-state index in [9.17, 15) is 23.5 Å². The number of fused-ring (bicyclic) bond motifs is 1. The summed E-state index contributed by atoms with van der Waals surface area (Å²) in [6.45, 7) is 1.66. The molecule has 33 heavy (non-hydrogen) atoms. The van der Waals surface area contributed by atoms with Crippen LogP contribution in [0.15, 0.2) is 35.3 Å². The van der Waals surface area contributed by atoms with E-state index in [1.165, 1.54) is 0 Å². The Kier molecular flexibility index (Phi) is 4.91. The zero-order valence-corrected chi connectivity index (χ0v) is 17.2. The minimum absolute atomic E-state index is 0.0968. The van der Waals surface area contributed by atoms with Gasteiger partial charge in [0.15, 0.2) is 17.3 Å². The van der Waals surface area contributed by atoms with Crippen molar-refractivity contribution in [3.8, 4) is 5.69 Å². The van der Waals surface area contributed by atoms with Crippen LogP contribution in [0.3, 0.4) is 0 Å². The summed E-state index contributed by atoms with van der Waals surface area (Å²) >= 11 is 0. The first-order valence-electron chi connectivity index (χ1n) is 10.2. The Morgan fingerprint density at radius 3 is 2.70 bits per heavy atom. The van der Waals surface area contributed by atoms with Crippen LogP contribution in [0.1, 0.15) is 16.8 Å². The number of hydrogen-bond donors (Lipinski definition) is 2. The van der Waals surface area contributed by atoms with E-state index in [-0.39, 0.29) is 34.0 Å². The van der Waals surface area contributed by atoms with Crippen molar-refractivity contribution in [2.24, 2.45) is 11.1 Å². The Morgan fingerprint density at radius 1 is 1.24 bits per heavy atom. The van der Waals surface area contributed by atoms with Gasteiger partial charge < -0.3 is 20.5 Å². The number of ether oxygens (including phenoxy) is 1. The molecule has 2 aromatic heterocycles. The Labute approximate surface area is 185 Å². The van der Waals surface area contributed by atoms with Crippen molar-refractivity contribution in [1.82, 2.24) is 9.55 Å². The minimum Gasteiger partial charge on any atom is -0.477 e. The number of pyridine rings is 2. The summed E-state index contributed by atoms with van der Waals surface area (Å²) in [4.78, 5) is 30.3. The van der Waals surface area contributed by atoms with Gasteiger partial charge in [-0.1, -0.05) is 0 Å². The Balaban J connectivity index is 1.73. The third kappa shape index (κ3) is 3.35. The molecule has 0 unspecified atom stereocenters. The van der Waals surface area contributed by atoms with E-state index < -0.39 is 34.4 Å². The summed E-state index contributed by atoms with van der Waals surface area (Å²) in [7, 11) is 0. The molecular formula is C22H19F3N4O4. The number of benzene rings is 1. The largest absolute Gasteiger partial charge is 0.477 e. The van der Waals surface area contributed by atoms with Crippen LogP contribution in [0.25, 0.3) is 16.7 Å². The van der Waals surface area contributed by atoms with Crippen LogP contribution in [0.2, 0.25) is 0 Å². The van der Waals surface area contributed by atoms with Crippen molar-refractivity contribution in [3.63, 3.8) is 0 Å². The van der Waals surface area contributed by atoms with Crippen molar-refractivity contribution < 1.29 is 27.8 Å². The second kappa shape index (κ2) is 7.56. The molecule has 1 aromatic carbocycles. The maximum absolute atomic E-state index is 15.2. The van der Waals surface area contributed by atoms with Gasteiger partial charge in [0.1, 0.15) is 17.2 Å². The molecule has 3 N–H and O–H groups in total. The summed E-state index contributed by atoms with van der Waals surface area (Å²) in [6, 6.07) is 3.29. The van der Waals surface area contributed by atoms with Crippen LogP contribution in [-0.4, -0.2) is 53.0 Å². The highest BCUT2D eigenvalue weighted by molar-refractivity contribution is 5.92. The van der Waals surface area contributed by atoms with Gasteiger partial charge in [-0.15, -0.1) is 0 Å². The average Bonchev–Trinajstić information content (AvgIpc) is 3.36. The molecule has 0 bridgehead atoms. The molecule has 0 aliphatic carbocycles. The first-order chi connectivity index (χ1) is 15.7. The molecule has 2 fully saturated rings. The zero-order chi connectivity index (χ0) is 23.5. The second-order valence-corrected chi connectivity index (χ2v) is 8.46. The van der Waals surface area contributed by atoms with E-state index in [1.807, 2.05) is 0 Å². The van der Waals surface area contributed by atoms with E-state index in [4.69, 9.17) is 10.5 Å². The monoisotopic (exact) mass is 460 g/mol. The molecule has 4 heterocycles. The lowest BCUT2D eigenvalue weighted by Gasteiger charge is -2.25. The number of aromatic nitrogens is 2. The summed E-state index contributed by atoms with van der Waals surface area (Å²) in [5, 5.41) is 9.09. The third-order valence-electron chi connectivity index (χ3n) is 6.46. The highest BCUT2D eigenvalue weighted by Crippen LogP contribution is 2.40. The van der Waals surface area contributed by atoms with Gasteiger partial charge in [0.25, 0.3) is 0 Å². The molecule has 2 aliphatic rings. The maximum atomic E-state index is 15.2. The first kappa shape index (κ1) is 21.4. The summed E-state index contributed by atoms with van der Waals surface area (Å²) in [5.41, 5.74) is 3.90. The molecule has 5 rings (SSSR count). The molecule has 3 aromatic rings. The number of carbonyl (C=O) groups is 1. The van der Waals surface area contributed by atoms with Crippen LogP contribution in [0.5, 0.6) is 0 Å². The standard InChI is InChI=1S/C22H19F3N4O4/c23-11-1-2-16(14(24)5-11)29-7-13(21(31)32)18(30)12-6-15(25)20(27-19(12)29)28-8-17(26)22(9-28)3-4-33-10-22/h1-2,5-7,17H,3-4,8-10,26H2,(H,31,32)/t17-,22+/m1/s1. The van der Waals surface area contributed by atoms with Crippen molar-refractivity contribution in [3.05, 3.63) is 63.7 Å². The number of anilines is 1. The molecule has 0 saturated carbocycles. The lowest BCUT2D eigenvalue weighted by atomic mass is 9.83. The molecule has 11 heteroatoms. The fourth-order valence-corrected chi connectivity index (χ4v) is 4.64. The van der Waals surface area contributed by atoms with Gasteiger partial charge in [0.2, 0.25) is 5.43 Å². The molecule has 2 saturated heterocycles. The van der Waals surface area contributed by atoms with Crippen LogP contribution >= 0.6 is 0 Å². The minimum atomic E-state index is -1.57. The average molecular weight is 460 g/mol. The molecule has 172 valence electrons. The molecule has 1 spiro atoms. The van der Waals surface area contributed by atoms with Crippen molar-refractivity contribution in [1.29, 1.82) is 0 Å². The maximum Gasteiger partial charge on any atom is 0.341 e. The summed E-state index contributed by atoms with van der Waals surface area (Å²) < 4.78 is 49.7. The lowest BCUT2D eigenvalue weighted by Crippen LogP contribution is -2.40. The van der Waals surface area contributed by atoms with Crippen molar-refractivity contribution >= 4 is 22.8 Å². The number of carboxylic acid groups (broad SMARTS) is 1. The third-order valence-corrected chi connectivity index (χ3v) is 6.46. The van der Waals surface area contributed by atoms with Gasteiger partial charge in [-0.05, 0) is 24.6 Å². The SMILES string of the molecule is N[C@@H]1CN(c2nc3c(cc2F)c(=O)c(C(=O)O)cn3-c2ccc(F)cc2F)C[C@]12CCOC2. The Morgan fingerprint density at radius 2 is 2.03 bits per heavy atom. The van der Waals surface area contributed by atoms with Gasteiger partial charge in [0, 0.05) is 43.4 Å². The fourth-order valence-electron chi connectivity index (χ4n) is 4.64. The molecule has 8 nitrogen and oxygen atoms in total. The predicted octanol–water partition coefficient (Wildman–Crippen LogP) is 2.06. The summed E-state index contributed by atoms with van der Waals surface area (Å²) in [5.74, 6) is -4.35. The van der Waals surface area contributed by atoms with Gasteiger partial charge >= 0.3 is 5.97 Å². The smallest absolute Gasteiger partial charge is 0.341 e. The lowest BCUT2D eigenvalue weighted by molar-refractivity contribution is 0.0695. The quantitative estimate of drug-likeness (QED) is 0.616. The van der Waals surface area contributed by atoms with Gasteiger partial charge in [-0.3, -0.25) is 9.36 Å². The second-order valence-electron chi connectivity index (χ2n) is 8.46.